The molecule has 38 heavy (non-hydrogen) atoms. The highest BCUT2D eigenvalue weighted by atomic mass is 19.4. The van der Waals surface area contributed by atoms with Crippen molar-refractivity contribution in [3.05, 3.63) is 53.6 Å². The summed E-state index contributed by atoms with van der Waals surface area (Å²) in [5.41, 5.74) is 0.480. The van der Waals surface area contributed by atoms with Crippen molar-refractivity contribution in [2.45, 2.75) is 37.1 Å². The Kier molecular flexibility index (Phi) is 8.05. The highest BCUT2D eigenvalue weighted by Gasteiger charge is 2.52. The van der Waals surface area contributed by atoms with Crippen LogP contribution in [0, 0.1) is 0 Å². The van der Waals surface area contributed by atoms with E-state index in [1.165, 1.54) is 24.3 Å². The van der Waals surface area contributed by atoms with E-state index in [2.05, 4.69) is 10.1 Å². The minimum absolute atomic E-state index is 0.236. The number of carbonyl (C=O) groups excluding carboxylic acids is 2. The van der Waals surface area contributed by atoms with Crippen molar-refractivity contribution < 1.29 is 37.0 Å². The van der Waals surface area contributed by atoms with Crippen molar-refractivity contribution >= 4 is 11.8 Å². The number of benzene rings is 2. The molecule has 1 unspecified atom stereocenters. The number of nitrogens with one attached hydrogen (secondary N) is 1. The topological polar surface area (TPSA) is 80.3 Å². The number of fused-ring (bicyclic) bond motifs is 1. The molecule has 206 valence electrons. The largest absolute Gasteiger partial charge is 0.573 e. The van der Waals surface area contributed by atoms with E-state index >= 15 is 0 Å². The second-order valence-electron chi connectivity index (χ2n) is 9.93. The molecule has 1 atom stereocenters. The third kappa shape index (κ3) is 6.69. The fourth-order valence-corrected chi connectivity index (χ4v) is 4.42. The Morgan fingerprint density at radius 2 is 1.66 bits per heavy atom. The third-order valence-corrected chi connectivity index (χ3v) is 6.73. The van der Waals surface area contributed by atoms with Crippen molar-refractivity contribution in [1.82, 2.24) is 15.1 Å². The summed E-state index contributed by atoms with van der Waals surface area (Å²) in [7, 11) is 5.52. The first-order chi connectivity index (χ1) is 18.0. The van der Waals surface area contributed by atoms with Gasteiger partial charge in [-0.3, -0.25) is 9.59 Å². The van der Waals surface area contributed by atoms with Gasteiger partial charge in [0.1, 0.15) is 25.0 Å². The molecule has 2 aromatic carbocycles. The van der Waals surface area contributed by atoms with Gasteiger partial charge >= 0.3 is 6.36 Å². The lowest BCUT2D eigenvalue weighted by molar-refractivity contribution is -0.274. The summed E-state index contributed by atoms with van der Waals surface area (Å²) in [4.78, 5) is 30.5. The predicted molar refractivity (Wildman–Crippen MR) is 133 cm³/mol. The van der Waals surface area contributed by atoms with Crippen LogP contribution in [0.15, 0.2) is 42.5 Å². The summed E-state index contributed by atoms with van der Waals surface area (Å²) in [6.45, 7) is 2.03. The zero-order valence-corrected chi connectivity index (χ0v) is 21.6. The number of ether oxygens (including phenoxy) is 3. The lowest BCUT2D eigenvalue weighted by Crippen LogP contribution is -2.52. The van der Waals surface area contributed by atoms with Crippen LogP contribution in [-0.2, 0) is 21.4 Å². The summed E-state index contributed by atoms with van der Waals surface area (Å²) >= 11 is 0. The average Bonchev–Trinajstić information content (AvgIpc) is 3.68. The Morgan fingerprint density at radius 1 is 1.00 bits per heavy atom. The van der Waals surface area contributed by atoms with E-state index in [0.717, 1.165) is 5.56 Å². The molecule has 1 aliphatic heterocycles. The number of rotatable bonds is 10. The molecule has 11 heteroatoms. The van der Waals surface area contributed by atoms with Crippen molar-refractivity contribution in [3.8, 4) is 17.2 Å². The van der Waals surface area contributed by atoms with Gasteiger partial charge in [0.2, 0.25) is 11.8 Å². The molecular weight excluding hydrogens is 503 g/mol. The fraction of sp³-hybridized carbons (Fsp3) is 0.481. The van der Waals surface area contributed by atoms with Crippen LogP contribution in [0.3, 0.4) is 0 Å². The molecule has 1 heterocycles. The summed E-state index contributed by atoms with van der Waals surface area (Å²) in [6, 6.07) is 9.92. The Morgan fingerprint density at radius 3 is 2.26 bits per heavy atom. The van der Waals surface area contributed by atoms with E-state index in [9.17, 15) is 22.8 Å². The van der Waals surface area contributed by atoms with Crippen molar-refractivity contribution in [2.75, 3.05) is 47.4 Å². The third-order valence-electron chi connectivity index (χ3n) is 6.73. The van der Waals surface area contributed by atoms with Gasteiger partial charge in [-0.1, -0.05) is 18.2 Å². The summed E-state index contributed by atoms with van der Waals surface area (Å²) < 4.78 is 52.8. The summed E-state index contributed by atoms with van der Waals surface area (Å²) in [5.74, 6) is 0.294. The van der Waals surface area contributed by atoms with Crippen LogP contribution in [0.5, 0.6) is 17.2 Å². The molecule has 8 nitrogen and oxygen atoms in total. The van der Waals surface area contributed by atoms with E-state index in [4.69, 9.17) is 9.47 Å². The van der Waals surface area contributed by atoms with Crippen LogP contribution in [0.1, 0.15) is 24.0 Å². The van der Waals surface area contributed by atoms with Gasteiger partial charge in [0, 0.05) is 26.6 Å². The summed E-state index contributed by atoms with van der Waals surface area (Å²) in [5, 5.41) is 2.94. The Balaban J connectivity index is 1.52. The Labute approximate surface area is 219 Å². The smallest absolute Gasteiger partial charge is 0.486 e. The molecular formula is C27H32F3N3O5. The Hall–Kier alpha value is -3.47. The van der Waals surface area contributed by atoms with Gasteiger partial charge in [0.25, 0.3) is 0 Å². The minimum Gasteiger partial charge on any atom is -0.486 e. The van der Waals surface area contributed by atoms with Crippen LogP contribution in [0.25, 0.3) is 0 Å². The number of halogens is 3. The monoisotopic (exact) mass is 535 g/mol. The van der Waals surface area contributed by atoms with E-state index in [1.807, 2.05) is 31.1 Å². The van der Waals surface area contributed by atoms with Crippen LogP contribution in [-0.4, -0.2) is 81.5 Å². The van der Waals surface area contributed by atoms with Crippen LogP contribution < -0.4 is 19.5 Å². The lowest BCUT2D eigenvalue weighted by Gasteiger charge is -2.28. The Bertz CT molecular complexity index is 1150. The minimum atomic E-state index is -4.80. The van der Waals surface area contributed by atoms with Gasteiger partial charge in [0.15, 0.2) is 11.5 Å². The van der Waals surface area contributed by atoms with E-state index in [-0.39, 0.29) is 24.0 Å². The van der Waals surface area contributed by atoms with Crippen LogP contribution in [0.4, 0.5) is 13.2 Å². The predicted octanol–water partition coefficient (Wildman–Crippen LogP) is 3.14. The quantitative estimate of drug-likeness (QED) is 0.504. The molecule has 2 amide bonds. The normalized spacial score (nSPS) is 16.5. The van der Waals surface area contributed by atoms with Crippen LogP contribution >= 0.6 is 0 Å². The van der Waals surface area contributed by atoms with Crippen molar-refractivity contribution in [2.24, 2.45) is 0 Å². The van der Waals surface area contributed by atoms with Gasteiger partial charge in [-0.2, -0.15) is 0 Å². The molecule has 0 bridgehead atoms. The molecule has 1 N–H and O–H groups in total. The molecule has 0 radical (unpaired) electrons. The second-order valence-corrected chi connectivity index (χ2v) is 9.93. The van der Waals surface area contributed by atoms with Crippen molar-refractivity contribution in [1.29, 1.82) is 0 Å². The van der Waals surface area contributed by atoms with Crippen LogP contribution in [0.2, 0.25) is 0 Å². The van der Waals surface area contributed by atoms with Gasteiger partial charge < -0.3 is 29.3 Å². The molecule has 4 rings (SSSR count). The van der Waals surface area contributed by atoms with Gasteiger partial charge in [0.05, 0.1) is 5.41 Å². The molecule has 1 saturated carbocycles. The molecule has 0 saturated heterocycles. The fourth-order valence-electron chi connectivity index (χ4n) is 4.42. The molecule has 1 fully saturated rings. The first-order valence-electron chi connectivity index (χ1n) is 12.4. The summed E-state index contributed by atoms with van der Waals surface area (Å²) in [6.07, 6.45) is -3.50. The van der Waals surface area contributed by atoms with Gasteiger partial charge in [-0.25, -0.2) is 0 Å². The first kappa shape index (κ1) is 27.6. The van der Waals surface area contributed by atoms with Crippen molar-refractivity contribution in [3.63, 3.8) is 0 Å². The standard InChI is InChI=1S/C27H32F3N3O5/c1-32(2)12-13-33(3)24(34)21(16-18-4-9-22-23(17-18)37-15-14-36-22)31-25(35)26(10-11-26)19-5-7-20(8-6-19)38-27(28,29)30/h4-9,17,21H,10-16H2,1-3H3,(H,31,35). The average molecular weight is 536 g/mol. The number of amides is 2. The molecule has 1 aliphatic carbocycles. The first-order valence-corrected chi connectivity index (χ1v) is 12.4. The highest BCUT2D eigenvalue weighted by molar-refractivity contribution is 5.95. The maximum atomic E-state index is 13.5. The number of likely N-dealkylation sites (N-methyl/N-ethyl adjacent to an activating group) is 2. The zero-order chi connectivity index (χ0) is 27.5. The van der Waals surface area contributed by atoms with Gasteiger partial charge in [-0.15, -0.1) is 13.2 Å². The van der Waals surface area contributed by atoms with E-state index in [0.29, 0.717) is 56.2 Å². The lowest BCUT2D eigenvalue weighted by atomic mass is 9.93. The maximum absolute atomic E-state index is 13.5. The van der Waals surface area contributed by atoms with Gasteiger partial charge in [-0.05, 0) is 62.3 Å². The highest BCUT2D eigenvalue weighted by Crippen LogP contribution is 2.49. The van der Waals surface area contributed by atoms with E-state index in [1.54, 1.807) is 18.0 Å². The number of carbonyl (C=O) groups is 2. The number of nitrogens with zero attached hydrogens (tertiary/aromatic N) is 2. The molecule has 2 aliphatic rings. The number of alkyl halides is 3. The number of hydrogen-bond donors (Lipinski definition) is 1. The molecule has 2 aromatic rings. The molecule has 0 aromatic heterocycles. The second kappa shape index (κ2) is 11.1. The van der Waals surface area contributed by atoms with E-state index < -0.39 is 17.8 Å². The number of hydrogen-bond acceptors (Lipinski definition) is 6. The zero-order valence-electron chi connectivity index (χ0n) is 21.6. The molecule has 0 spiro atoms. The maximum Gasteiger partial charge on any atom is 0.573 e. The SMILES string of the molecule is CN(C)CCN(C)C(=O)C(Cc1ccc2c(c1)OCCO2)NC(=O)C1(c2ccc(OC(F)(F)F)cc2)CC1.